The molecule has 1 rings (SSSR count). The van der Waals surface area contributed by atoms with Gasteiger partial charge in [-0.2, -0.15) is 0 Å². The molecule has 2 N–H and O–H groups in total. The zero-order valence-corrected chi connectivity index (χ0v) is 18.9. The maximum Gasteiger partial charge on any atom is 0.245 e. The van der Waals surface area contributed by atoms with Crippen LogP contribution in [-0.4, -0.2) is 54.2 Å². The van der Waals surface area contributed by atoms with Crippen LogP contribution in [0.3, 0.4) is 0 Å². The molecule has 2 amide bonds. The maximum absolute atomic E-state index is 13.4. The smallest absolute Gasteiger partial charge is 0.245 e. The number of amides is 2. The summed E-state index contributed by atoms with van der Waals surface area (Å²) in [4.78, 5) is 39.5. The summed E-state index contributed by atoms with van der Waals surface area (Å²) >= 11 is 0. The number of rotatable bonds is 7. The zero-order chi connectivity index (χ0) is 21.6. The number of carbonyl (C=O) groups excluding carboxylic acids is 3. The summed E-state index contributed by atoms with van der Waals surface area (Å²) in [6.45, 7) is 14.0. The Morgan fingerprint density at radius 3 is 2.18 bits per heavy atom. The lowest BCUT2D eigenvalue weighted by Crippen LogP contribution is -2.59. The summed E-state index contributed by atoms with van der Waals surface area (Å²) in [6.07, 6.45) is 4.74. The van der Waals surface area contributed by atoms with Crippen molar-refractivity contribution in [1.82, 2.24) is 15.5 Å². The highest BCUT2D eigenvalue weighted by Gasteiger charge is 2.38. The van der Waals surface area contributed by atoms with Crippen LogP contribution in [0, 0.1) is 11.3 Å². The first-order valence-corrected chi connectivity index (χ1v) is 10.4. The lowest BCUT2D eigenvalue weighted by molar-refractivity contribution is -0.140. The minimum absolute atomic E-state index is 0.00412. The molecule has 1 aliphatic rings. The van der Waals surface area contributed by atoms with E-state index in [1.165, 1.54) is 6.92 Å². The molecule has 6 heteroatoms. The van der Waals surface area contributed by atoms with Gasteiger partial charge in [-0.25, -0.2) is 0 Å². The van der Waals surface area contributed by atoms with Gasteiger partial charge in [-0.15, -0.1) is 0 Å². The van der Waals surface area contributed by atoms with Crippen LogP contribution in [0.25, 0.3) is 0 Å². The Morgan fingerprint density at radius 2 is 1.75 bits per heavy atom. The third-order valence-electron chi connectivity index (χ3n) is 5.48. The van der Waals surface area contributed by atoms with Crippen molar-refractivity contribution in [3.8, 4) is 0 Å². The van der Waals surface area contributed by atoms with E-state index in [0.29, 0.717) is 5.57 Å². The third kappa shape index (κ3) is 6.73. The molecular weight excluding hydrogens is 354 g/mol. The number of piperidine rings is 1. The molecule has 1 heterocycles. The molecule has 0 radical (unpaired) electrons. The molecule has 0 saturated carbocycles. The van der Waals surface area contributed by atoms with Gasteiger partial charge in [-0.1, -0.05) is 47.1 Å². The first kappa shape index (κ1) is 24.3. The second-order valence-electron chi connectivity index (χ2n) is 9.40. The van der Waals surface area contributed by atoms with E-state index in [4.69, 9.17) is 0 Å². The summed E-state index contributed by atoms with van der Waals surface area (Å²) < 4.78 is 0. The molecule has 1 aliphatic heterocycles. The molecule has 0 aromatic carbocycles. The monoisotopic (exact) mass is 393 g/mol. The van der Waals surface area contributed by atoms with Crippen LogP contribution in [0.15, 0.2) is 11.6 Å². The van der Waals surface area contributed by atoms with Crippen molar-refractivity contribution in [2.24, 2.45) is 11.3 Å². The van der Waals surface area contributed by atoms with Gasteiger partial charge in [-0.05, 0) is 50.1 Å². The largest absolute Gasteiger partial charge is 0.342 e. The quantitative estimate of drug-likeness (QED) is 0.652. The molecule has 1 unspecified atom stereocenters. The normalized spacial score (nSPS) is 20.5. The Balaban J connectivity index is 3.05. The molecule has 28 heavy (non-hydrogen) atoms. The summed E-state index contributed by atoms with van der Waals surface area (Å²) in [7, 11) is 1.75. The highest BCUT2D eigenvalue weighted by molar-refractivity contribution is 5.93. The average molecular weight is 394 g/mol. The van der Waals surface area contributed by atoms with Gasteiger partial charge in [-0.3, -0.25) is 14.4 Å². The van der Waals surface area contributed by atoms with Crippen molar-refractivity contribution in [3.63, 3.8) is 0 Å². The minimum atomic E-state index is -0.638. The van der Waals surface area contributed by atoms with Crippen LogP contribution in [0.1, 0.15) is 67.7 Å². The molecule has 0 aromatic rings. The van der Waals surface area contributed by atoms with E-state index in [-0.39, 0.29) is 35.6 Å². The van der Waals surface area contributed by atoms with Crippen LogP contribution >= 0.6 is 0 Å². The number of allylic oxidation sites excluding steroid dienone is 1. The van der Waals surface area contributed by atoms with Crippen molar-refractivity contribution in [1.29, 1.82) is 0 Å². The van der Waals surface area contributed by atoms with Crippen molar-refractivity contribution < 1.29 is 14.4 Å². The fraction of sp³-hybridized carbons (Fsp3) is 0.773. The van der Waals surface area contributed by atoms with Crippen LogP contribution in [0.4, 0.5) is 0 Å². The van der Waals surface area contributed by atoms with E-state index in [1.54, 1.807) is 18.9 Å². The number of Topliss-reactive ketones (excluding diaryl/α,β-unsaturated/α-hetero) is 1. The summed E-state index contributed by atoms with van der Waals surface area (Å²) in [5, 5.41) is 6.24. The predicted octanol–water partition coefficient (Wildman–Crippen LogP) is 2.68. The number of likely N-dealkylation sites (N-methyl/N-ethyl adjacent to an activating group) is 1. The lowest BCUT2D eigenvalue weighted by Gasteiger charge is -2.38. The van der Waals surface area contributed by atoms with E-state index in [1.807, 2.05) is 40.7 Å². The molecule has 160 valence electrons. The van der Waals surface area contributed by atoms with Gasteiger partial charge in [0.1, 0.15) is 6.04 Å². The van der Waals surface area contributed by atoms with Crippen LogP contribution in [0.5, 0.6) is 0 Å². The van der Waals surface area contributed by atoms with Gasteiger partial charge in [0.15, 0.2) is 5.78 Å². The molecular formula is C22H39N3O3. The standard InChI is InChI=1S/C22H39N3O3/c1-14(2)18(13-15(3)16(4)26)25(8)21(28)19(22(5,6)7)24-20(27)17-11-9-10-12-23-17/h13-14,17-19,23H,9-12H2,1-8H3,(H,24,27)/b15-13+/t17?,18-,19-/m1/s1. The molecule has 3 atom stereocenters. The highest BCUT2D eigenvalue weighted by atomic mass is 16.2. The van der Waals surface area contributed by atoms with Gasteiger partial charge >= 0.3 is 0 Å². The van der Waals surface area contributed by atoms with Gasteiger partial charge in [0.25, 0.3) is 0 Å². The van der Waals surface area contributed by atoms with Crippen molar-refractivity contribution in [2.45, 2.75) is 85.9 Å². The Kier molecular flexibility index (Phi) is 8.86. The molecule has 0 aromatic heterocycles. The van der Waals surface area contributed by atoms with Crippen molar-refractivity contribution in [2.75, 3.05) is 13.6 Å². The summed E-state index contributed by atoms with van der Waals surface area (Å²) in [5.41, 5.74) is 0.206. The predicted molar refractivity (Wildman–Crippen MR) is 113 cm³/mol. The minimum Gasteiger partial charge on any atom is -0.342 e. The van der Waals surface area contributed by atoms with E-state index >= 15 is 0 Å². The van der Waals surface area contributed by atoms with Gasteiger partial charge in [0.2, 0.25) is 11.8 Å². The molecule has 1 saturated heterocycles. The fourth-order valence-corrected chi connectivity index (χ4v) is 3.44. The van der Waals surface area contributed by atoms with Gasteiger partial charge in [0.05, 0.1) is 12.1 Å². The third-order valence-corrected chi connectivity index (χ3v) is 5.48. The van der Waals surface area contributed by atoms with Gasteiger partial charge < -0.3 is 15.5 Å². The van der Waals surface area contributed by atoms with E-state index < -0.39 is 11.5 Å². The number of hydrogen-bond donors (Lipinski definition) is 2. The molecule has 0 spiro atoms. The topological polar surface area (TPSA) is 78.5 Å². The summed E-state index contributed by atoms with van der Waals surface area (Å²) in [5.74, 6) is -0.115. The van der Waals surface area contributed by atoms with Crippen LogP contribution in [0.2, 0.25) is 0 Å². The van der Waals surface area contributed by atoms with E-state index in [9.17, 15) is 14.4 Å². The van der Waals surface area contributed by atoms with E-state index in [2.05, 4.69) is 10.6 Å². The first-order chi connectivity index (χ1) is 12.9. The highest BCUT2D eigenvalue weighted by Crippen LogP contribution is 2.24. The second kappa shape index (κ2) is 10.2. The first-order valence-electron chi connectivity index (χ1n) is 10.4. The number of carbonyl (C=O) groups is 3. The average Bonchev–Trinajstić information content (AvgIpc) is 2.61. The lowest BCUT2D eigenvalue weighted by atomic mass is 9.84. The maximum atomic E-state index is 13.4. The summed E-state index contributed by atoms with van der Waals surface area (Å²) in [6, 6.07) is -1.09. The molecule has 6 nitrogen and oxygen atoms in total. The Bertz CT molecular complexity index is 599. The number of hydrogen-bond acceptors (Lipinski definition) is 4. The number of ketones is 1. The van der Waals surface area contributed by atoms with Crippen molar-refractivity contribution >= 4 is 17.6 Å². The molecule has 1 fully saturated rings. The Hall–Kier alpha value is -1.69. The van der Waals surface area contributed by atoms with Crippen LogP contribution < -0.4 is 10.6 Å². The Morgan fingerprint density at radius 1 is 1.14 bits per heavy atom. The number of nitrogens with zero attached hydrogens (tertiary/aromatic N) is 1. The SMILES string of the molecule is CC(=O)/C(C)=C/[C@H](C(C)C)N(C)C(=O)[C@@H](NC(=O)C1CCCCN1)C(C)(C)C. The Labute approximate surface area is 170 Å². The zero-order valence-electron chi connectivity index (χ0n) is 18.9. The van der Waals surface area contributed by atoms with Crippen LogP contribution in [-0.2, 0) is 14.4 Å². The fourth-order valence-electron chi connectivity index (χ4n) is 3.44. The molecule has 0 aliphatic carbocycles. The second-order valence-corrected chi connectivity index (χ2v) is 9.40. The van der Waals surface area contributed by atoms with E-state index in [0.717, 1.165) is 25.8 Å². The molecule has 0 bridgehead atoms. The number of nitrogens with one attached hydrogen (secondary N) is 2. The van der Waals surface area contributed by atoms with Crippen molar-refractivity contribution in [3.05, 3.63) is 11.6 Å². The van der Waals surface area contributed by atoms with Gasteiger partial charge in [0, 0.05) is 7.05 Å².